The Hall–Kier alpha value is -1.39. The van der Waals surface area contributed by atoms with E-state index in [-0.39, 0.29) is 30.1 Å². The van der Waals surface area contributed by atoms with Gasteiger partial charge in [0.15, 0.2) is 0 Å². The van der Waals surface area contributed by atoms with Gasteiger partial charge in [-0.2, -0.15) is 0 Å². The van der Waals surface area contributed by atoms with Crippen LogP contribution in [0.3, 0.4) is 0 Å². The fraction of sp³-hybridized carbons (Fsp3) is 0.611. The summed E-state index contributed by atoms with van der Waals surface area (Å²) < 4.78 is 5.99. The topological polar surface area (TPSA) is 41.6 Å². The predicted octanol–water partition coefficient (Wildman–Crippen LogP) is 1.84. The molecule has 2 bridgehead atoms. The minimum atomic E-state index is 0.0223. The van der Waals surface area contributed by atoms with Crippen LogP contribution >= 0.6 is 0 Å². The van der Waals surface area contributed by atoms with Gasteiger partial charge in [-0.3, -0.25) is 9.69 Å². The summed E-state index contributed by atoms with van der Waals surface area (Å²) in [5.41, 5.74) is 1.37. The molecule has 1 aromatic rings. The Balaban J connectivity index is 1.53. The van der Waals surface area contributed by atoms with Crippen molar-refractivity contribution in [3.05, 3.63) is 35.9 Å². The third-order valence-electron chi connectivity index (χ3n) is 4.56. The molecule has 22 heavy (non-hydrogen) atoms. The first-order valence-electron chi connectivity index (χ1n) is 8.34. The zero-order valence-electron chi connectivity index (χ0n) is 13.5. The maximum absolute atomic E-state index is 12.3. The smallest absolute Gasteiger partial charge is 0.226 e. The molecule has 3 rings (SSSR count). The minimum absolute atomic E-state index is 0.0223. The summed E-state index contributed by atoms with van der Waals surface area (Å²) in [5.74, 6) is 0.182. The second-order valence-corrected chi connectivity index (χ2v) is 6.80. The molecule has 2 saturated heterocycles. The monoisotopic (exact) mass is 302 g/mol. The third kappa shape index (κ3) is 3.68. The van der Waals surface area contributed by atoms with Crippen molar-refractivity contribution in [2.75, 3.05) is 19.6 Å². The van der Waals surface area contributed by atoms with Gasteiger partial charge in [-0.25, -0.2) is 0 Å². The Morgan fingerprint density at radius 3 is 2.82 bits per heavy atom. The number of hydrogen-bond acceptors (Lipinski definition) is 3. The first-order valence-corrected chi connectivity index (χ1v) is 8.34. The SMILES string of the molecule is CC(C)NC(=O)[C@H]1C[C@H]2CN(CCc3ccccc3)C[C@H]1O2. The Bertz CT molecular complexity index is 503. The molecule has 0 aliphatic carbocycles. The van der Waals surface area contributed by atoms with Crippen LogP contribution in [0, 0.1) is 5.92 Å². The van der Waals surface area contributed by atoms with Crippen LogP contribution in [-0.2, 0) is 16.0 Å². The fourth-order valence-corrected chi connectivity index (χ4v) is 3.52. The van der Waals surface area contributed by atoms with Gasteiger partial charge < -0.3 is 10.1 Å². The number of nitrogens with one attached hydrogen (secondary N) is 1. The zero-order chi connectivity index (χ0) is 15.5. The van der Waals surface area contributed by atoms with Crippen LogP contribution in [0.25, 0.3) is 0 Å². The number of hydrogen-bond donors (Lipinski definition) is 1. The summed E-state index contributed by atoms with van der Waals surface area (Å²) >= 11 is 0. The number of likely N-dealkylation sites (tertiary alicyclic amines) is 1. The van der Waals surface area contributed by atoms with Crippen LogP contribution in [0.15, 0.2) is 30.3 Å². The molecule has 4 heteroatoms. The molecule has 0 spiro atoms. The molecule has 2 aliphatic heterocycles. The largest absolute Gasteiger partial charge is 0.371 e. The summed E-state index contributed by atoms with van der Waals surface area (Å²) in [6.07, 6.45) is 2.21. The van der Waals surface area contributed by atoms with E-state index in [0.717, 1.165) is 32.5 Å². The average molecular weight is 302 g/mol. The summed E-state index contributed by atoms with van der Waals surface area (Å²) in [7, 11) is 0. The van der Waals surface area contributed by atoms with Crippen LogP contribution in [0.4, 0.5) is 0 Å². The molecule has 2 heterocycles. The number of rotatable bonds is 5. The average Bonchev–Trinajstić information content (AvgIpc) is 2.80. The molecule has 2 fully saturated rings. The summed E-state index contributed by atoms with van der Waals surface area (Å²) in [5, 5.41) is 3.03. The first kappa shape index (κ1) is 15.5. The highest BCUT2D eigenvalue weighted by Crippen LogP contribution is 2.32. The lowest BCUT2D eigenvalue weighted by Crippen LogP contribution is -2.46. The highest BCUT2D eigenvalue weighted by molar-refractivity contribution is 5.80. The lowest BCUT2D eigenvalue weighted by molar-refractivity contribution is -0.128. The highest BCUT2D eigenvalue weighted by atomic mass is 16.5. The van der Waals surface area contributed by atoms with Crippen LogP contribution in [-0.4, -0.2) is 48.7 Å². The Labute approximate surface area is 132 Å². The van der Waals surface area contributed by atoms with Gasteiger partial charge in [-0.15, -0.1) is 0 Å². The lowest BCUT2D eigenvalue weighted by Gasteiger charge is -2.32. The number of carbonyl (C=O) groups excluding carboxylic acids is 1. The van der Waals surface area contributed by atoms with Crippen molar-refractivity contribution < 1.29 is 9.53 Å². The van der Waals surface area contributed by atoms with E-state index < -0.39 is 0 Å². The van der Waals surface area contributed by atoms with E-state index in [2.05, 4.69) is 40.5 Å². The van der Waals surface area contributed by atoms with E-state index in [1.165, 1.54) is 5.56 Å². The van der Waals surface area contributed by atoms with Gasteiger partial charge in [-0.05, 0) is 32.3 Å². The molecule has 4 nitrogen and oxygen atoms in total. The van der Waals surface area contributed by atoms with Crippen LogP contribution in [0.5, 0.6) is 0 Å². The second kappa shape index (κ2) is 6.80. The van der Waals surface area contributed by atoms with E-state index in [0.29, 0.717) is 0 Å². The molecular weight excluding hydrogens is 276 g/mol. The predicted molar refractivity (Wildman–Crippen MR) is 86.6 cm³/mol. The number of nitrogens with zero attached hydrogens (tertiary/aromatic N) is 1. The maximum Gasteiger partial charge on any atom is 0.226 e. The Kier molecular flexibility index (Phi) is 4.79. The highest BCUT2D eigenvalue weighted by Gasteiger charge is 2.44. The Morgan fingerprint density at radius 2 is 2.09 bits per heavy atom. The van der Waals surface area contributed by atoms with Gasteiger partial charge >= 0.3 is 0 Å². The number of ether oxygens (including phenoxy) is 1. The summed E-state index contributed by atoms with van der Waals surface area (Å²) in [4.78, 5) is 14.7. The molecule has 120 valence electrons. The molecule has 0 unspecified atom stereocenters. The van der Waals surface area contributed by atoms with E-state index in [1.807, 2.05) is 13.8 Å². The van der Waals surface area contributed by atoms with E-state index in [1.54, 1.807) is 0 Å². The maximum atomic E-state index is 12.3. The van der Waals surface area contributed by atoms with Crippen molar-refractivity contribution in [2.24, 2.45) is 5.92 Å². The van der Waals surface area contributed by atoms with Crippen molar-refractivity contribution in [1.82, 2.24) is 10.2 Å². The van der Waals surface area contributed by atoms with Crippen molar-refractivity contribution >= 4 is 5.91 Å². The van der Waals surface area contributed by atoms with E-state index >= 15 is 0 Å². The van der Waals surface area contributed by atoms with Crippen molar-refractivity contribution in [3.63, 3.8) is 0 Å². The molecule has 3 atom stereocenters. The Morgan fingerprint density at radius 1 is 1.32 bits per heavy atom. The number of benzene rings is 1. The number of morpholine rings is 1. The van der Waals surface area contributed by atoms with Gasteiger partial charge in [0, 0.05) is 25.7 Å². The van der Waals surface area contributed by atoms with Crippen LogP contribution in [0.1, 0.15) is 25.8 Å². The van der Waals surface area contributed by atoms with Crippen LogP contribution < -0.4 is 5.32 Å². The number of fused-ring (bicyclic) bond motifs is 2. The summed E-state index contributed by atoms with van der Waals surface area (Å²) in [6, 6.07) is 10.8. The standard InChI is InChI=1S/C18H26N2O2/c1-13(2)19-18(21)16-10-15-11-20(12-17(16)22-15)9-8-14-6-4-3-5-7-14/h3-7,13,15-17H,8-12H2,1-2H3,(H,19,21)/t15-,16-,17+/m0/s1. The van der Waals surface area contributed by atoms with Gasteiger partial charge in [0.05, 0.1) is 18.1 Å². The lowest BCUT2D eigenvalue weighted by atomic mass is 9.99. The molecule has 1 N–H and O–H groups in total. The second-order valence-electron chi connectivity index (χ2n) is 6.80. The van der Waals surface area contributed by atoms with Crippen molar-refractivity contribution in [2.45, 2.75) is 44.9 Å². The first-order chi connectivity index (χ1) is 10.6. The molecular formula is C18H26N2O2. The van der Waals surface area contributed by atoms with Crippen LogP contribution in [0.2, 0.25) is 0 Å². The van der Waals surface area contributed by atoms with Gasteiger partial charge in [0.2, 0.25) is 5.91 Å². The molecule has 0 aromatic heterocycles. The van der Waals surface area contributed by atoms with Gasteiger partial charge in [0.25, 0.3) is 0 Å². The zero-order valence-corrected chi connectivity index (χ0v) is 13.5. The normalized spacial score (nSPS) is 28.0. The third-order valence-corrected chi connectivity index (χ3v) is 4.56. The number of amides is 1. The molecule has 1 amide bonds. The fourth-order valence-electron chi connectivity index (χ4n) is 3.52. The van der Waals surface area contributed by atoms with Crippen molar-refractivity contribution in [1.29, 1.82) is 0 Å². The van der Waals surface area contributed by atoms with E-state index in [9.17, 15) is 4.79 Å². The van der Waals surface area contributed by atoms with Gasteiger partial charge in [-0.1, -0.05) is 30.3 Å². The molecule has 0 saturated carbocycles. The summed E-state index contributed by atoms with van der Waals surface area (Å²) in [6.45, 7) is 6.88. The molecule has 1 aromatic carbocycles. The van der Waals surface area contributed by atoms with Crippen molar-refractivity contribution in [3.8, 4) is 0 Å². The molecule has 2 aliphatic rings. The molecule has 0 radical (unpaired) electrons. The van der Waals surface area contributed by atoms with E-state index in [4.69, 9.17) is 4.74 Å². The minimum Gasteiger partial charge on any atom is -0.371 e. The van der Waals surface area contributed by atoms with Gasteiger partial charge in [0.1, 0.15) is 0 Å². The quantitative estimate of drug-likeness (QED) is 0.902. The number of carbonyl (C=O) groups is 1.